The van der Waals surface area contributed by atoms with E-state index in [-0.39, 0.29) is 0 Å². The van der Waals surface area contributed by atoms with E-state index in [0.717, 1.165) is 43.6 Å². The molecule has 0 N–H and O–H groups in total. The van der Waals surface area contributed by atoms with Crippen molar-refractivity contribution < 1.29 is 4.57 Å². The SMILES string of the molecule is O=P(c1ccccc1)(c1cccnc1)c1cccc2c1nc1c3ccccc3c3ccccc3n21. The van der Waals surface area contributed by atoms with Crippen molar-refractivity contribution in [2.45, 2.75) is 0 Å². The van der Waals surface area contributed by atoms with Crippen LogP contribution < -0.4 is 15.9 Å². The third-order valence-corrected chi connectivity index (χ3v) is 9.79. The Morgan fingerprint density at radius 2 is 1.29 bits per heavy atom. The molecule has 166 valence electrons. The number of rotatable bonds is 3. The van der Waals surface area contributed by atoms with Crippen molar-refractivity contribution in [1.29, 1.82) is 0 Å². The third kappa shape index (κ3) is 2.84. The van der Waals surface area contributed by atoms with Crippen LogP contribution in [0.25, 0.3) is 38.4 Å². The third-order valence-electron chi connectivity index (χ3n) is 6.74. The molecule has 1 unspecified atom stereocenters. The van der Waals surface area contributed by atoms with Crippen molar-refractivity contribution in [3.05, 3.63) is 122 Å². The van der Waals surface area contributed by atoms with E-state index in [1.165, 1.54) is 5.39 Å². The van der Waals surface area contributed by atoms with Gasteiger partial charge in [-0.1, -0.05) is 78.9 Å². The molecule has 1 atom stereocenters. The van der Waals surface area contributed by atoms with Gasteiger partial charge in [-0.15, -0.1) is 0 Å². The predicted molar refractivity (Wildman–Crippen MR) is 145 cm³/mol. The molecule has 0 aliphatic heterocycles. The molecule has 4 nitrogen and oxygen atoms in total. The monoisotopic (exact) mass is 469 g/mol. The van der Waals surface area contributed by atoms with E-state index in [2.05, 4.69) is 57.9 Å². The van der Waals surface area contributed by atoms with Crippen LogP contribution in [0.15, 0.2) is 122 Å². The zero-order chi connectivity index (χ0) is 23.4. The summed E-state index contributed by atoms with van der Waals surface area (Å²) in [5.74, 6) is 0. The van der Waals surface area contributed by atoms with Gasteiger partial charge in [0.05, 0.1) is 11.0 Å². The zero-order valence-corrected chi connectivity index (χ0v) is 19.6. The van der Waals surface area contributed by atoms with Gasteiger partial charge in [0.15, 0.2) is 7.14 Å². The molecule has 7 rings (SSSR count). The summed E-state index contributed by atoms with van der Waals surface area (Å²) in [6.45, 7) is 0. The van der Waals surface area contributed by atoms with E-state index in [9.17, 15) is 0 Å². The summed E-state index contributed by atoms with van der Waals surface area (Å²) in [7, 11) is -3.24. The summed E-state index contributed by atoms with van der Waals surface area (Å²) in [6, 6.07) is 36.2. The normalized spacial score (nSPS) is 13.5. The lowest BCUT2D eigenvalue weighted by Gasteiger charge is -2.19. The number of benzene rings is 4. The Balaban J connectivity index is 1.68. The highest BCUT2D eigenvalue weighted by molar-refractivity contribution is 7.85. The Bertz CT molecular complexity index is 1880. The average molecular weight is 469 g/mol. The number of aromatic nitrogens is 3. The van der Waals surface area contributed by atoms with Gasteiger partial charge in [0.1, 0.15) is 11.2 Å². The molecular formula is C30H20N3OP. The van der Waals surface area contributed by atoms with E-state index in [4.69, 9.17) is 4.98 Å². The fourth-order valence-electron chi connectivity index (χ4n) is 5.18. The first kappa shape index (κ1) is 20.1. The van der Waals surface area contributed by atoms with E-state index < -0.39 is 7.14 Å². The second kappa shape index (κ2) is 7.63. The van der Waals surface area contributed by atoms with Crippen molar-refractivity contribution in [3.63, 3.8) is 0 Å². The van der Waals surface area contributed by atoms with Crippen LogP contribution in [0.3, 0.4) is 0 Å². The first-order valence-corrected chi connectivity index (χ1v) is 13.2. The van der Waals surface area contributed by atoms with Gasteiger partial charge in [0.25, 0.3) is 0 Å². The zero-order valence-electron chi connectivity index (χ0n) is 18.7. The first-order chi connectivity index (χ1) is 17.3. The quantitative estimate of drug-likeness (QED) is 0.242. The van der Waals surface area contributed by atoms with Gasteiger partial charge in [0.2, 0.25) is 0 Å². The fraction of sp³-hybridized carbons (Fsp3) is 0. The highest BCUT2D eigenvalue weighted by Gasteiger charge is 2.33. The van der Waals surface area contributed by atoms with Crippen LogP contribution >= 0.6 is 7.14 Å². The molecule has 0 aliphatic carbocycles. The van der Waals surface area contributed by atoms with Crippen LogP contribution in [0, 0.1) is 0 Å². The molecule has 0 saturated heterocycles. The highest BCUT2D eigenvalue weighted by Crippen LogP contribution is 2.44. The Hall–Kier alpha value is -4.27. The Kier molecular flexibility index (Phi) is 4.39. The minimum absolute atomic E-state index is 0.700. The summed E-state index contributed by atoms with van der Waals surface area (Å²) < 4.78 is 17.4. The van der Waals surface area contributed by atoms with Crippen molar-refractivity contribution in [2.75, 3.05) is 0 Å². The van der Waals surface area contributed by atoms with Crippen LogP contribution in [0.4, 0.5) is 0 Å². The molecule has 0 saturated carbocycles. The number of hydrogen-bond donors (Lipinski definition) is 0. The second-order valence-corrected chi connectivity index (χ2v) is 11.4. The van der Waals surface area contributed by atoms with E-state index in [0.29, 0.717) is 5.30 Å². The number of hydrogen-bond acceptors (Lipinski definition) is 3. The second-order valence-electron chi connectivity index (χ2n) is 8.63. The summed E-state index contributed by atoms with van der Waals surface area (Å²) in [6.07, 6.45) is 3.43. The molecule has 35 heavy (non-hydrogen) atoms. The van der Waals surface area contributed by atoms with Crippen LogP contribution in [0.1, 0.15) is 0 Å². The van der Waals surface area contributed by atoms with Gasteiger partial charge in [-0.3, -0.25) is 9.38 Å². The number of fused-ring (bicyclic) bond motifs is 8. The Labute approximate surface area is 201 Å². The molecule has 0 amide bonds. The maximum atomic E-state index is 15.1. The fourth-order valence-corrected chi connectivity index (χ4v) is 7.91. The lowest BCUT2D eigenvalue weighted by atomic mass is 10.1. The van der Waals surface area contributed by atoms with Gasteiger partial charge in [-0.05, 0) is 35.7 Å². The first-order valence-electron chi connectivity index (χ1n) is 11.5. The molecule has 7 aromatic rings. The summed E-state index contributed by atoms with van der Waals surface area (Å²) in [5, 5.41) is 5.60. The molecule has 0 radical (unpaired) electrons. The molecule has 0 bridgehead atoms. The molecule has 0 aliphatic rings. The number of imidazole rings is 1. The Morgan fingerprint density at radius 1 is 0.600 bits per heavy atom. The molecule has 3 aromatic heterocycles. The van der Waals surface area contributed by atoms with Crippen molar-refractivity contribution >= 4 is 61.4 Å². The average Bonchev–Trinajstić information content (AvgIpc) is 3.34. The van der Waals surface area contributed by atoms with Crippen LogP contribution in [-0.2, 0) is 4.57 Å². The summed E-state index contributed by atoms with van der Waals surface area (Å²) in [4.78, 5) is 9.49. The number of para-hydroxylation sites is 2. The number of pyridine rings is 2. The van der Waals surface area contributed by atoms with Crippen LogP contribution in [0.2, 0.25) is 0 Å². The molecule has 4 aromatic carbocycles. The van der Waals surface area contributed by atoms with Crippen molar-refractivity contribution in [2.24, 2.45) is 0 Å². The minimum Gasteiger partial charge on any atom is -0.308 e. The largest absolute Gasteiger partial charge is 0.308 e. The minimum atomic E-state index is -3.24. The molecule has 0 spiro atoms. The van der Waals surface area contributed by atoms with Gasteiger partial charge in [-0.25, -0.2) is 4.98 Å². The molecule has 3 heterocycles. The topological polar surface area (TPSA) is 47.3 Å². The molecular weight excluding hydrogens is 449 g/mol. The van der Waals surface area contributed by atoms with Gasteiger partial charge < -0.3 is 4.57 Å². The van der Waals surface area contributed by atoms with Gasteiger partial charge in [0, 0.05) is 39.1 Å². The maximum absolute atomic E-state index is 15.1. The van der Waals surface area contributed by atoms with E-state index in [1.54, 1.807) is 12.4 Å². The lowest BCUT2D eigenvalue weighted by molar-refractivity contribution is 0.592. The van der Waals surface area contributed by atoms with Crippen molar-refractivity contribution in [3.8, 4) is 0 Å². The molecule has 0 fully saturated rings. The van der Waals surface area contributed by atoms with E-state index in [1.807, 2.05) is 60.7 Å². The van der Waals surface area contributed by atoms with Gasteiger partial charge >= 0.3 is 0 Å². The Morgan fingerprint density at radius 3 is 2.09 bits per heavy atom. The lowest BCUT2D eigenvalue weighted by Crippen LogP contribution is -2.26. The highest BCUT2D eigenvalue weighted by atomic mass is 31.2. The smallest absolute Gasteiger partial charge is 0.174 e. The maximum Gasteiger partial charge on any atom is 0.174 e. The van der Waals surface area contributed by atoms with Crippen molar-refractivity contribution in [1.82, 2.24) is 14.4 Å². The number of nitrogens with zero attached hydrogens (tertiary/aromatic N) is 3. The predicted octanol–water partition coefficient (Wildman–Crippen LogP) is 5.83. The summed E-state index contributed by atoms with van der Waals surface area (Å²) >= 11 is 0. The summed E-state index contributed by atoms with van der Waals surface area (Å²) in [5.41, 5.74) is 3.65. The van der Waals surface area contributed by atoms with Crippen LogP contribution in [-0.4, -0.2) is 14.4 Å². The van der Waals surface area contributed by atoms with E-state index >= 15 is 4.57 Å². The molecule has 5 heteroatoms. The van der Waals surface area contributed by atoms with Gasteiger partial charge in [-0.2, -0.15) is 0 Å². The van der Waals surface area contributed by atoms with Crippen LogP contribution in [0.5, 0.6) is 0 Å². The standard InChI is InChI=1S/C30H20N3OP/c34-35(21-10-2-1-3-11-21,22-12-9-19-31-20-22)28-18-8-17-27-29(28)32-30-25-15-5-4-13-23(25)24-14-6-7-16-26(24)33(27)30/h1-20H.